The van der Waals surface area contributed by atoms with E-state index in [2.05, 4.69) is 15.0 Å². The van der Waals surface area contributed by atoms with Crippen LogP contribution < -0.4 is 0 Å². The monoisotopic (exact) mass is 273 g/mol. The Kier molecular flexibility index (Phi) is 2.54. The van der Waals surface area contributed by atoms with Crippen LogP contribution in [0, 0.1) is 0 Å². The van der Waals surface area contributed by atoms with Crippen molar-refractivity contribution in [2.45, 2.75) is 0 Å². The van der Waals surface area contributed by atoms with E-state index in [1.54, 1.807) is 30.6 Å². The Labute approximate surface area is 120 Å². The number of carbonyl (C=O) groups excluding carboxylic acids is 1. The maximum Gasteiger partial charge on any atom is 0.231 e. The van der Waals surface area contributed by atoms with Crippen molar-refractivity contribution in [1.82, 2.24) is 15.0 Å². The minimum atomic E-state index is -0.173. The second-order valence-corrected chi connectivity index (χ2v) is 4.80. The van der Waals surface area contributed by atoms with E-state index in [9.17, 15) is 4.79 Å². The molecular weight excluding hydrogens is 262 g/mol. The Bertz CT molecular complexity index is 958. The molecule has 0 aliphatic heterocycles. The minimum Gasteiger partial charge on any atom is -0.353 e. The molecule has 21 heavy (non-hydrogen) atoms. The van der Waals surface area contributed by atoms with Crippen LogP contribution in [-0.2, 0) is 0 Å². The molecule has 0 fully saturated rings. The lowest BCUT2D eigenvalue weighted by atomic mass is 10.1. The van der Waals surface area contributed by atoms with Crippen LogP contribution in [0.4, 0.5) is 0 Å². The maximum atomic E-state index is 12.6. The molecule has 1 aromatic carbocycles. The zero-order chi connectivity index (χ0) is 14.2. The summed E-state index contributed by atoms with van der Waals surface area (Å²) in [4.78, 5) is 24.2. The summed E-state index contributed by atoms with van der Waals surface area (Å²) in [5.74, 6) is -0.173. The number of hydrogen-bond donors (Lipinski definition) is 1. The molecule has 0 unspecified atom stereocenters. The van der Waals surface area contributed by atoms with Gasteiger partial charge in [0.05, 0.1) is 5.52 Å². The molecule has 3 aromatic heterocycles. The summed E-state index contributed by atoms with van der Waals surface area (Å²) < 4.78 is 0. The smallest absolute Gasteiger partial charge is 0.231 e. The van der Waals surface area contributed by atoms with Crippen molar-refractivity contribution in [3.8, 4) is 0 Å². The fourth-order valence-electron chi connectivity index (χ4n) is 2.56. The van der Waals surface area contributed by atoms with Gasteiger partial charge in [-0.15, -0.1) is 0 Å². The lowest BCUT2D eigenvalue weighted by molar-refractivity contribution is 0.103. The number of nitrogens with one attached hydrogen (secondary N) is 1. The number of nitrogens with zero attached hydrogens (tertiary/aromatic N) is 2. The molecule has 100 valence electrons. The van der Waals surface area contributed by atoms with Crippen LogP contribution in [-0.4, -0.2) is 20.7 Å². The molecule has 4 aromatic rings. The van der Waals surface area contributed by atoms with E-state index in [1.165, 1.54) is 0 Å². The lowest BCUT2D eigenvalue weighted by Crippen LogP contribution is -2.06. The summed E-state index contributed by atoms with van der Waals surface area (Å²) in [5.41, 5.74) is 2.56. The van der Waals surface area contributed by atoms with Crippen LogP contribution in [0.3, 0.4) is 0 Å². The van der Waals surface area contributed by atoms with Crippen LogP contribution >= 0.6 is 0 Å². The van der Waals surface area contributed by atoms with Crippen molar-refractivity contribution < 1.29 is 4.79 Å². The number of benzene rings is 1. The predicted octanol–water partition coefficient (Wildman–Crippen LogP) is 3.34. The van der Waals surface area contributed by atoms with Crippen molar-refractivity contribution in [2.75, 3.05) is 0 Å². The molecule has 4 rings (SSSR count). The Balaban J connectivity index is 1.99. The standard InChI is InChI=1S/C17H11N3O/c21-17(14-7-3-4-9-18-14)16-15-12(8-10-19-16)11-5-1-2-6-13(11)20-15/h1-10,20H. The summed E-state index contributed by atoms with van der Waals surface area (Å²) in [6.45, 7) is 0. The molecule has 4 heteroatoms. The normalized spacial score (nSPS) is 11.0. The largest absolute Gasteiger partial charge is 0.353 e. The first-order chi connectivity index (χ1) is 10.3. The van der Waals surface area contributed by atoms with Gasteiger partial charge in [-0.1, -0.05) is 24.3 Å². The van der Waals surface area contributed by atoms with Gasteiger partial charge in [0.25, 0.3) is 0 Å². The number of ketones is 1. The number of hydrogen-bond acceptors (Lipinski definition) is 3. The van der Waals surface area contributed by atoms with Crippen LogP contribution in [0.25, 0.3) is 21.8 Å². The van der Waals surface area contributed by atoms with Crippen LogP contribution in [0.5, 0.6) is 0 Å². The third-order valence-corrected chi connectivity index (χ3v) is 3.54. The van der Waals surface area contributed by atoms with Crippen molar-refractivity contribution >= 4 is 27.6 Å². The average molecular weight is 273 g/mol. The number of pyridine rings is 2. The van der Waals surface area contributed by atoms with Gasteiger partial charge in [-0.05, 0) is 24.3 Å². The highest BCUT2D eigenvalue weighted by molar-refractivity contribution is 6.18. The van der Waals surface area contributed by atoms with Crippen LogP contribution in [0.15, 0.2) is 60.9 Å². The van der Waals surface area contributed by atoms with E-state index in [4.69, 9.17) is 0 Å². The fourth-order valence-corrected chi connectivity index (χ4v) is 2.56. The van der Waals surface area contributed by atoms with Gasteiger partial charge < -0.3 is 4.98 Å². The number of fused-ring (bicyclic) bond motifs is 3. The maximum absolute atomic E-state index is 12.6. The van der Waals surface area contributed by atoms with Crippen molar-refractivity contribution in [2.24, 2.45) is 0 Å². The van der Waals surface area contributed by atoms with E-state index in [-0.39, 0.29) is 5.78 Å². The van der Waals surface area contributed by atoms with E-state index in [1.807, 2.05) is 30.3 Å². The highest BCUT2D eigenvalue weighted by atomic mass is 16.1. The number of rotatable bonds is 2. The van der Waals surface area contributed by atoms with Gasteiger partial charge in [0.15, 0.2) is 0 Å². The van der Waals surface area contributed by atoms with Gasteiger partial charge in [-0.3, -0.25) is 14.8 Å². The zero-order valence-electron chi connectivity index (χ0n) is 11.1. The van der Waals surface area contributed by atoms with E-state index < -0.39 is 0 Å². The lowest BCUT2D eigenvalue weighted by Gasteiger charge is -2.01. The Morgan fingerprint density at radius 3 is 2.57 bits per heavy atom. The molecule has 0 aliphatic rings. The zero-order valence-corrected chi connectivity index (χ0v) is 11.1. The first-order valence-corrected chi connectivity index (χ1v) is 6.66. The second kappa shape index (κ2) is 4.52. The molecule has 0 amide bonds. The van der Waals surface area contributed by atoms with Crippen LogP contribution in [0.1, 0.15) is 16.2 Å². The summed E-state index contributed by atoms with van der Waals surface area (Å²) in [7, 11) is 0. The molecule has 0 bridgehead atoms. The highest BCUT2D eigenvalue weighted by Crippen LogP contribution is 2.27. The van der Waals surface area contributed by atoms with Gasteiger partial charge in [-0.25, -0.2) is 0 Å². The Hall–Kier alpha value is -3.01. The molecular formula is C17H11N3O. The number of carbonyl (C=O) groups is 1. The predicted molar refractivity (Wildman–Crippen MR) is 81.3 cm³/mol. The van der Waals surface area contributed by atoms with E-state index in [0.717, 1.165) is 21.8 Å². The van der Waals surface area contributed by atoms with Crippen LogP contribution in [0.2, 0.25) is 0 Å². The Morgan fingerprint density at radius 2 is 1.71 bits per heavy atom. The third-order valence-electron chi connectivity index (χ3n) is 3.54. The van der Waals surface area contributed by atoms with Gasteiger partial charge >= 0.3 is 0 Å². The molecule has 0 saturated heterocycles. The quantitative estimate of drug-likeness (QED) is 0.570. The average Bonchev–Trinajstić information content (AvgIpc) is 2.94. The molecule has 0 saturated carbocycles. The molecule has 0 radical (unpaired) electrons. The number of aromatic nitrogens is 3. The summed E-state index contributed by atoms with van der Waals surface area (Å²) in [6, 6.07) is 15.2. The molecule has 1 N–H and O–H groups in total. The van der Waals surface area contributed by atoms with E-state index >= 15 is 0 Å². The van der Waals surface area contributed by atoms with Crippen molar-refractivity contribution in [1.29, 1.82) is 0 Å². The summed E-state index contributed by atoms with van der Waals surface area (Å²) in [6.07, 6.45) is 3.28. The van der Waals surface area contributed by atoms with Crippen molar-refractivity contribution in [3.05, 3.63) is 72.3 Å². The number of H-pyrrole nitrogens is 1. The number of aromatic amines is 1. The van der Waals surface area contributed by atoms with E-state index in [0.29, 0.717) is 11.4 Å². The second-order valence-electron chi connectivity index (χ2n) is 4.80. The number of para-hydroxylation sites is 1. The molecule has 4 nitrogen and oxygen atoms in total. The van der Waals surface area contributed by atoms with Gasteiger partial charge in [-0.2, -0.15) is 0 Å². The minimum absolute atomic E-state index is 0.173. The van der Waals surface area contributed by atoms with Gasteiger partial charge in [0.1, 0.15) is 11.4 Å². The summed E-state index contributed by atoms with van der Waals surface area (Å²) >= 11 is 0. The van der Waals surface area contributed by atoms with Gasteiger partial charge in [0.2, 0.25) is 5.78 Å². The molecule has 3 heterocycles. The highest BCUT2D eigenvalue weighted by Gasteiger charge is 2.17. The first kappa shape index (κ1) is 11.8. The third kappa shape index (κ3) is 1.80. The van der Waals surface area contributed by atoms with Gasteiger partial charge in [0, 0.05) is 28.7 Å². The SMILES string of the molecule is O=C(c1ccccn1)c1nccc2c1[nH]c1ccccc12. The molecule has 0 atom stereocenters. The fraction of sp³-hybridized carbons (Fsp3) is 0. The van der Waals surface area contributed by atoms with Crippen molar-refractivity contribution in [3.63, 3.8) is 0 Å². The topological polar surface area (TPSA) is 58.6 Å². The first-order valence-electron chi connectivity index (χ1n) is 6.66. The Morgan fingerprint density at radius 1 is 0.857 bits per heavy atom. The summed E-state index contributed by atoms with van der Waals surface area (Å²) in [5, 5.41) is 2.09. The molecule has 0 aliphatic carbocycles. The molecule has 0 spiro atoms.